The van der Waals surface area contributed by atoms with Crippen molar-refractivity contribution in [3.05, 3.63) is 61.2 Å². The van der Waals surface area contributed by atoms with Gasteiger partial charge in [-0.15, -0.1) is 24.9 Å². The minimum absolute atomic E-state index is 0.00228. The van der Waals surface area contributed by atoms with E-state index in [1.165, 1.54) is 0 Å². The van der Waals surface area contributed by atoms with E-state index in [-0.39, 0.29) is 41.5 Å². The second kappa shape index (κ2) is 14.9. The fourth-order valence-electron chi connectivity index (χ4n) is 7.83. The largest absolute Gasteiger partial charge is 0.396 e. The molecule has 8 heteroatoms. The van der Waals surface area contributed by atoms with Gasteiger partial charge in [0.05, 0.1) is 16.6 Å². The van der Waals surface area contributed by atoms with Crippen molar-refractivity contribution in [1.82, 2.24) is 14.7 Å². The average Bonchev–Trinajstić information content (AvgIpc) is 3.59. The minimum atomic E-state index is -0.637. The molecule has 0 aromatic heterocycles. The molecule has 4 unspecified atom stereocenters. The first kappa shape index (κ1) is 33.3. The Kier molecular flexibility index (Phi) is 11.6. The Morgan fingerprint density at radius 3 is 2.47 bits per heavy atom. The molecule has 1 spiro atoms. The molecule has 1 aromatic carbocycles. The highest BCUT2D eigenvalue weighted by molar-refractivity contribution is 8.02. The maximum atomic E-state index is 14.7. The van der Waals surface area contributed by atoms with Crippen LogP contribution in [0.1, 0.15) is 71.3 Å². The van der Waals surface area contributed by atoms with Crippen LogP contribution < -0.4 is 0 Å². The van der Waals surface area contributed by atoms with Gasteiger partial charge in [0, 0.05) is 44.1 Å². The van der Waals surface area contributed by atoms with Gasteiger partial charge in [0.15, 0.2) is 0 Å². The van der Waals surface area contributed by atoms with E-state index >= 15 is 0 Å². The van der Waals surface area contributed by atoms with Crippen molar-refractivity contribution < 1.29 is 19.5 Å². The summed E-state index contributed by atoms with van der Waals surface area (Å²) in [5, 5.41) is 9.24. The second-order valence-corrected chi connectivity index (χ2v) is 14.2. The minimum Gasteiger partial charge on any atom is -0.396 e. The number of aliphatic hydroxyl groups is 1. The highest BCUT2D eigenvalue weighted by Crippen LogP contribution is 2.69. The maximum Gasteiger partial charge on any atom is 0.247 e. The Balaban J connectivity index is 1.71. The van der Waals surface area contributed by atoms with Gasteiger partial charge in [-0.25, -0.2) is 0 Å². The Bertz CT molecular complexity index is 1150. The normalized spacial score (nSPS) is 28.0. The van der Waals surface area contributed by atoms with Crippen molar-refractivity contribution in [3.8, 4) is 0 Å². The van der Waals surface area contributed by atoms with E-state index in [9.17, 15) is 19.5 Å². The molecule has 3 aliphatic rings. The van der Waals surface area contributed by atoms with Crippen LogP contribution in [0.5, 0.6) is 0 Å². The van der Waals surface area contributed by atoms with Crippen molar-refractivity contribution in [2.75, 3.05) is 26.2 Å². The van der Waals surface area contributed by atoms with Crippen molar-refractivity contribution in [3.63, 3.8) is 0 Å². The molecule has 3 amide bonds. The van der Waals surface area contributed by atoms with Crippen LogP contribution in [0.25, 0.3) is 0 Å². The van der Waals surface area contributed by atoms with Crippen LogP contribution >= 0.6 is 11.8 Å². The molecule has 0 saturated carbocycles. The Morgan fingerprint density at radius 1 is 1.12 bits per heavy atom. The lowest BCUT2D eigenvalue weighted by Gasteiger charge is -2.42. The fourth-order valence-corrected chi connectivity index (χ4v) is 10.2. The number of unbranched alkanes of at least 4 members (excludes halogenated alkanes) is 3. The van der Waals surface area contributed by atoms with Crippen molar-refractivity contribution in [1.29, 1.82) is 0 Å². The number of likely N-dealkylation sites (tertiary alicyclic amines) is 1. The Labute approximate surface area is 262 Å². The summed E-state index contributed by atoms with van der Waals surface area (Å²) < 4.78 is -0.637. The molecule has 3 fully saturated rings. The molecule has 0 aliphatic carbocycles. The molecule has 4 rings (SSSR count). The zero-order valence-corrected chi connectivity index (χ0v) is 27.1. The monoisotopic (exact) mass is 609 g/mol. The summed E-state index contributed by atoms with van der Waals surface area (Å²) in [5.74, 6) is -0.921. The van der Waals surface area contributed by atoms with Gasteiger partial charge in [-0.3, -0.25) is 14.4 Å². The molecule has 7 atom stereocenters. The highest BCUT2D eigenvalue weighted by atomic mass is 32.2. The number of fused-ring (bicyclic) bond motifs is 1. The first-order valence-corrected chi connectivity index (χ1v) is 17.1. The maximum absolute atomic E-state index is 14.7. The lowest BCUT2D eigenvalue weighted by Crippen LogP contribution is -2.58. The molecule has 7 nitrogen and oxygen atoms in total. The SMILES string of the molecule is C=CCN(Cc1ccccc1)C(=O)[C@@H]1[C@H]2C(=O)N(CCCCCCO)C(C(=O)N(CC=C)C(C)CCC)C23S[C@@H]1CC3C. The smallest absolute Gasteiger partial charge is 0.247 e. The Hall–Kier alpha value is -2.58. The van der Waals surface area contributed by atoms with E-state index in [1.807, 2.05) is 45.0 Å². The van der Waals surface area contributed by atoms with Gasteiger partial charge in [-0.2, -0.15) is 0 Å². The quantitative estimate of drug-likeness (QED) is 0.192. The second-order valence-electron chi connectivity index (χ2n) is 12.6. The molecule has 1 aromatic rings. The third-order valence-corrected chi connectivity index (χ3v) is 11.9. The van der Waals surface area contributed by atoms with Gasteiger partial charge < -0.3 is 19.8 Å². The summed E-state index contributed by atoms with van der Waals surface area (Å²) in [5.41, 5.74) is 1.04. The number of hydrogen-bond acceptors (Lipinski definition) is 5. The standard InChI is InChI=1S/C35H51N3O4S/c1-6-16-26(5)37(20-8-3)34(42)31-35-25(4)23-28(43-35)29(30(35)33(41)38(31)21-14-9-10-15-22-39)32(40)36(19-7-2)24-27-17-12-11-13-18-27/h7-8,11-13,17-18,25-26,28-31,39H,2-3,6,9-10,14-16,19-24H2,1,4-5H3/t25?,26?,28-,29+,30+,31?,35?/m1/s1. The summed E-state index contributed by atoms with van der Waals surface area (Å²) >= 11 is 1.75. The number of thioether (sulfide) groups is 1. The number of rotatable bonds is 17. The summed E-state index contributed by atoms with van der Waals surface area (Å²) in [6.45, 7) is 16.2. The van der Waals surface area contributed by atoms with Gasteiger partial charge >= 0.3 is 0 Å². The van der Waals surface area contributed by atoms with E-state index < -0.39 is 22.6 Å². The van der Waals surface area contributed by atoms with Crippen LogP contribution in [0.3, 0.4) is 0 Å². The summed E-state index contributed by atoms with van der Waals surface area (Å²) in [4.78, 5) is 49.3. The molecule has 43 heavy (non-hydrogen) atoms. The van der Waals surface area contributed by atoms with E-state index in [2.05, 4.69) is 33.9 Å². The molecule has 3 saturated heterocycles. The topological polar surface area (TPSA) is 81.2 Å². The molecular weight excluding hydrogens is 558 g/mol. The van der Waals surface area contributed by atoms with Crippen LogP contribution in [-0.2, 0) is 20.9 Å². The van der Waals surface area contributed by atoms with Gasteiger partial charge in [0.25, 0.3) is 0 Å². The summed E-state index contributed by atoms with van der Waals surface area (Å²) in [6.07, 6.45) is 9.44. The van der Waals surface area contributed by atoms with Crippen molar-refractivity contribution >= 4 is 29.5 Å². The first-order valence-electron chi connectivity index (χ1n) is 16.2. The van der Waals surface area contributed by atoms with E-state index in [1.54, 1.807) is 23.9 Å². The fraction of sp³-hybridized carbons (Fsp3) is 0.629. The number of carbonyl (C=O) groups excluding carboxylic acids is 3. The van der Waals surface area contributed by atoms with Gasteiger partial charge in [0.1, 0.15) is 6.04 Å². The van der Waals surface area contributed by atoms with Crippen LogP contribution in [0.2, 0.25) is 0 Å². The summed E-state index contributed by atoms with van der Waals surface area (Å²) in [7, 11) is 0. The zero-order valence-electron chi connectivity index (χ0n) is 26.3. The van der Waals surface area contributed by atoms with Crippen LogP contribution in [0.15, 0.2) is 55.6 Å². The van der Waals surface area contributed by atoms with E-state index in [0.717, 1.165) is 50.5 Å². The van der Waals surface area contributed by atoms with Crippen molar-refractivity contribution in [2.45, 2.75) is 94.3 Å². The highest BCUT2D eigenvalue weighted by Gasteiger charge is 2.76. The molecule has 3 aliphatic heterocycles. The lowest BCUT2D eigenvalue weighted by atomic mass is 9.65. The van der Waals surface area contributed by atoms with Crippen LogP contribution in [0.4, 0.5) is 0 Å². The van der Waals surface area contributed by atoms with Crippen LogP contribution in [-0.4, -0.2) is 85.8 Å². The average molecular weight is 610 g/mol. The van der Waals surface area contributed by atoms with Crippen molar-refractivity contribution in [2.24, 2.45) is 17.8 Å². The molecule has 2 bridgehead atoms. The third kappa shape index (κ3) is 6.46. The number of aliphatic hydroxyl groups excluding tert-OH is 1. The predicted octanol–water partition coefficient (Wildman–Crippen LogP) is 5.29. The number of benzene rings is 1. The van der Waals surface area contributed by atoms with E-state index in [4.69, 9.17) is 0 Å². The third-order valence-electron chi connectivity index (χ3n) is 9.80. The molecular formula is C35H51N3O4S. The number of hydrogen-bond donors (Lipinski definition) is 1. The Morgan fingerprint density at radius 2 is 1.81 bits per heavy atom. The molecule has 0 radical (unpaired) electrons. The number of nitrogens with zero attached hydrogens (tertiary/aromatic N) is 3. The number of carbonyl (C=O) groups is 3. The van der Waals surface area contributed by atoms with Gasteiger partial charge in [0.2, 0.25) is 17.7 Å². The number of amides is 3. The molecule has 3 heterocycles. The summed E-state index contributed by atoms with van der Waals surface area (Å²) in [6, 6.07) is 9.36. The van der Waals surface area contributed by atoms with E-state index in [0.29, 0.717) is 26.2 Å². The van der Waals surface area contributed by atoms with Gasteiger partial charge in [-0.1, -0.05) is 75.6 Å². The van der Waals surface area contributed by atoms with Crippen LogP contribution in [0, 0.1) is 17.8 Å². The van der Waals surface area contributed by atoms with Gasteiger partial charge in [-0.05, 0) is 44.1 Å². The zero-order chi connectivity index (χ0) is 31.1. The predicted molar refractivity (Wildman–Crippen MR) is 174 cm³/mol. The molecule has 236 valence electrons. The lowest BCUT2D eigenvalue weighted by molar-refractivity contribution is -0.145. The molecule has 1 N–H and O–H groups in total. The first-order chi connectivity index (χ1) is 20.8.